The van der Waals surface area contributed by atoms with Crippen LogP contribution >= 0.6 is 0 Å². The van der Waals surface area contributed by atoms with Gasteiger partial charge in [-0.1, -0.05) is 26.0 Å². The van der Waals surface area contributed by atoms with Crippen molar-refractivity contribution in [2.24, 2.45) is 11.8 Å². The Morgan fingerprint density at radius 3 is 2.54 bits per heavy atom. The molecule has 0 aromatic heterocycles. The molecule has 0 amide bonds. The van der Waals surface area contributed by atoms with E-state index >= 15 is 0 Å². The van der Waals surface area contributed by atoms with Gasteiger partial charge in [0.05, 0.1) is 0 Å². The number of hydrazine groups is 1. The second kappa shape index (κ2) is 4.35. The molecule has 0 aliphatic rings. The van der Waals surface area contributed by atoms with Crippen molar-refractivity contribution in [1.82, 2.24) is 5.43 Å². The fourth-order valence-corrected chi connectivity index (χ4v) is 1.37. The van der Waals surface area contributed by atoms with E-state index in [1.807, 2.05) is 19.9 Å². The Morgan fingerprint density at radius 1 is 1.38 bits per heavy atom. The van der Waals surface area contributed by atoms with Gasteiger partial charge in [0.15, 0.2) is 0 Å². The molecule has 1 atom stereocenters. The second-order valence-electron chi connectivity index (χ2n) is 3.44. The van der Waals surface area contributed by atoms with Crippen LogP contribution in [0.25, 0.3) is 0 Å². The molecule has 2 nitrogen and oxygen atoms in total. The number of hydrogen-bond donors (Lipinski definition) is 2. The predicted octanol–water partition coefficient (Wildman–Crippen LogP) is 1.99. The van der Waals surface area contributed by atoms with Crippen LogP contribution in [0.3, 0.4) is 0 Å². The number of rotatable bonds is 3. The second-order valence-corrected chi connectivity index (χ2v) is 3.44. The summed E-state index contributed by atoms with van der Waals surface area (Å²) in [6.45, 7) is 4.07. The first-order valence-electron chi connectivity index (χ1n) is 4.36. The molecule has 0 saturated heterocycles. The van der Waals surface area contributed by atoms with Crippen molar-refractivity contribution in [3.05, 3.63) is 35.6 Å². The smallest absolute Gasteiger partial charge is 0.123 e. The minimum absolute atomic E-state index is 0.00991. The zero-order chi connectivity index (χ0) is 9.84. The first kappa shape index (κ1) is 10.2. The number of nitrogens with two attached hydrogens (primary N) is 1. The summed E-state index contributed by atoms with van der Waals surface area (Å²) < 4.78 is 12.9. The van der Waals surface area contributed by atoms with Crippen molar-refractivity contribution >= 4 is 0 Å². The first-order chi connectivity index (χ1) is 6.15. The molecule has 0 fully saturated rings. The van der Waals surface area contributed by atoms with E-state index in [9.17, 15) is 4.39 Å². The summed E-state index contributed by atoms with van der Waals surface area (Å²) in [5, 5.41) is 0. The molecular formula is C10H15FN2. The highest BCUT2D eigenvalue weighted by Gasteiger charge is 2.13. The molecule has 1 unspecified atom stereocenters. The van der Waals surface area contributed by atoms with Crippen LogP contribution in [-0.2, 0) is 0 Å². The van der Waals surface area contributed by atoms with E-state index < -0.39 is 0 Å². The number of nitrogens with one attached hydrogen (secondary N) is 1. The molecule has 0 aliphatic carbocycles. The Hall–Kier alpha value is -0.930. The summed E-state index contributed by atoms with van der Waals surface area (Å²) in [6.07, 6.45) is 0. The lowest BCUT2D eigenvalue weighted by Gasteiger charge is -2.19. The van der Waals surface area contributed by atoms with Gasteiger partial charge in [-0.3, -0.25) is 11.3 Å². The predicted molar refractivity (Wildman–Crippen MR) is 51.3 cm³/mol. The zero-order valence-electron chi connectivity index (χ0n) is 7.92. The van der Waals surface area contributed by atoms with Crippen molar-refractivity contribution in [1.29, 1.82) is 0 Å². The lowest BCUT2D eigenvalue weighted by molar-refractivity contribution is 0.419. The first-order valence-corrected chi connectivity index (χ1v) is 4.36. The number of halogens is 1. The average Bonchev–Trinajstić information content (AvgIpc) is 2.04. The molecule has 0 bridgehead atoms. The summed E-state index contributed by atoms with van der Waals surface area (Å²) in [5.74, 6) is 5.50. The van der Waals surface area contributed by atoms with Gasteiger partial charge in [0.2, 0.25) is 0 Å². The standard InChI is InChI=1S/C10H15FN2/c1-7(2)10(13-12)8-4-3-5-9(11)6-8/h3-7,10,13H,12H2,1-2H3. The van der Waals surface area contributed by atoms with Crippen LogP contribution in [0.2, 0.25) is 0 Å². The van der Waals surface area contributed by atoms with Gasteiger partial charge < -0.3 is 0 Å². The molecule has 13 heavy (non-hydrogen) atoms. The van der Waals surface area contributed by atoms with E-state index in [1.54, 1.807) is 6.07 Å². The fourth-order valence-electron chi connectivity index (χ4n) is 1.37. The van der Waals surface area contributed by atoms with Gasteiger partial charge >= 0.3 is 0 Å². The summed E-state index contributed by atoms with van der Waals surface area (Å²) in [6, 6.07) is 6.50. The van der Waals surface area contributed by atoms with E-state index in [0.29, 0.717) is 5.92 Å². The van der Waals surface area contributed by atoms with Gasteiger partial charge in [0.1, 0.15) is 5.82 Å². The Kier molecular flexibility index (Phi) is 3.39. The van der Waals surface area contributed by atoms with Gasteiger partial charge in [0.25, 0.3) is 0 Å². The van der Waals surface area contributed by atoms with Crippen molar-refractivity contribution < 1.29 is 4.39 Å². The Bertz CT molecular complexity index is 273. The topological polar surface area (TPSA) is 38.0 Å². The molecule has 72 valence electrons. The van der Waals surface area contributed by atoms with E-state index in [1.165, 1.54) is 12.1 Å². The molecule has 0 heterocycles. The third-order valence-electron chi connectivity index (χ3n) is 2.05. The molecule has 0 spiro atoms. The van der Waals surface area contributed by atoms with Crippen LogP contribution in [0.4, 0.5) is 4.39 Å². The molecule has 0 aliphatic heterocycles. The highest BCUT2D eigenvalue weighted by Crippen LogP contribution is 2.20. The summed E-state index contributed by atoms with van der Waals surface area (Å²) >= 11 is 0. The van der Waals surface area contributed by atoms with Crippen LogP contribution in [0.15, 0.2) is 24.3 Å². The Balaban J connectivity index is 2.91. The summed E-state index contributed by atoms with van der Waals surface area (Å²) in [7, 11) is 0. The monoisotopic (exact) mass is 182 g/mol. The third-order valence-corrected chi connectivity index (χ3v) is 2.05. The van der Waals surface area contributed by atoms with Gasteiger partial charge in [-0.05, 0) is 23.6 Å². The summed E-state index contributed by atoms with van der Waals surface area (Å²) in [4.78, 5) is 0. The minimum atomic E-state index is -0.224. The quantitative estimate of drug-likeness (QED) is 0.554. The van der Waals surface area contributed by atoms with E-state index in [2.05, 4.69) is 5.43 Å². The van der Waals surface area contributed by atoms with Crippen molar-refractivity contribution in [2.75, 3.05) is 0 Å². The van der Waals surface area contributed by atoms with Crippen LogP contribution in [0.5, 0.6) is 0 Å². The van der Waals surface area contributed by atoms with Crippen molar-refractivity contribution in [3.8, 4) is 0 Å². The highest BCUT2D eigenvalue weighted by molar-refractivity contribution is 5.20. The van der Waals surface area contributed by atoms with Crippen LogP contribution in [-0.4, -0.2) is 0 Å². The molecule has 3 heteroatoms. The molecule has 0 radical (unpaired) electrons. The van der Waals surface area contributed by atoms with E-state index in [4.69, 9.17) is 5.84 Å². The van der Waals surface area contributed by atoms with Gasteiger partial charge in [0, 0.05) is 6.04 Å². The van der Waals surface area contributed by atoms with Crippen LogP contribution < -0.4 is 11.3 Å². The average molecular weight is 182 g/mol. The Morgan fingerprint density at radius 2 is 2.08 bits per heavy atom. The number of hydrogen-bond acceptors (Lipinski definition) is 2. The zero-order valence-corrected chi connectivity index (χ0v) is 7.92. The highest BCUT2D eigenvalue weighted by atomic mass is 19.1. The molecule has 1 rings (SSSR count). The molecule has 0 saturated carbocycles. The van der Waals surface area contributed by atoms with Gasteiger partial charge in [-0.25, -0.2) is 4.39 Å². The maximum absolute atomic E-state index is 12.9. The SMILES string of the molecule is CC(C)C(NN)c1cccc(F)c1. The van der Waals surface area contributed by atoms with Gasteiger partial charge in [-0.2, -0.15) is 0 Å². The molecule has 1 aromatic rings. The van der Waals surface area contributed by atoms with E-state index in [-0.39, 0.29) is 11.9 Å². The largest absolute Gasteiger partial charge is 0.271 e. The minimum Gasteiger partial charge on any atom is -0.271 e. The maximum atomic E-state index is 12.9. The Labute approximate surface area is 77.9 Å². The van der Waals surface area contributed by atoms with Crippen molar-refractivity contribution in [2.45, 2.75) is 19.9 Å². The van der Waals surface area contributed by atoms with Crippen LogP contribution in [0, 0.1) is 11.7 Å². The lowest BCUT2D eigenvalue weighted by atomic mass is 9.97. The summed E-state index contributed by atoms with van der Waals surface area (Å²) in [5.41, 5.74) is 3.56. The number of benzene rings is 1. The maximum Gasteiger partial charge on any atom is 0.123 e. The van der Waals surface area contributed by atoms with E-state index in [0.717, 1.165) is 5.56 Å². The third kappa shape index (κ3) is 2.50. The fraction of sp³-hybridized carbons (Fsp3) is 0.400. The lowest BCUT2D eigenvalue weighted by Crippen LogP contribution is -2.31. The van der Waals surface area contributed by atoms with Gasteiger partial charge in [-0.15, -0.1) is 0 Å². The molecule has 3 N–H and O–H groups in total. The normalized spacial score (nSPS) is 13.3. The van der Waals surface area contributed by atoms with Crippen LogP contribution in [0.1, 0.15) is 25.5 Å². The molecule has 1 aromatic carbocycles. The van der Waals surface area contributed by atoms with Crippen molar-refractivity contribution in [3.63, 3.8) is 0 Å². The molecular weight excluding hydrogens is 167 g/mol.